The summed E-state index contributed by atoms with van der Waals surface area (Å²) in [6, 6.07) is 20.5. The number of benzene rings is 2. The van der Waals surface area contributed by atoms with Crippen LogP contribution in [-0.4, -0.2) is 11.1 Å². The van der Waals surface area contributed by atoms with Crippen molar-refractivity contribution in [1.29, 1.82) is 10.5 Å². The first kappa shape index (κ1) is 19.5. The van der Waals surface area contributed by atoms with Crippen molar-refractivity contribution in [3.63, 3.8) is 0 Å². The van der Waals surface area contributed by atoms with Gasteiger partial charge in [-0.15, -0.1) is 0 Å². The Hall–Kier alpha value is -3.86. The van der Waals surface area contributed by atoms with Gasteiger partial charge in [0, 0.05) is 17.5 Å². The van der Waals surface area contributed by atoms with Crippen molar-refractivity contribution in [2.75, 3.05) is 0 Å². The van der Waals surface area contributed by atoms with Gasteiger partial charge in [-0.2, -0.15) is 10.5 Å². The highest BCUT2D eigenvalue weighted by Gasteiger charge is 2.15. The first-order valence-electron chi connectivity index (χ1n) is 9.39. The van der Waals surface area contributed by atoms with Crippen molar-refractivity contribution in [1.82, 2.24) is 4.98 Å². The second-order valence-electron chi connectivity index (χ2n) is 6.75. The molecule has 0 bridgehead atoms. The number of allylic oxidation sites excluding steroid dienone is 2. The fourth-order valence-electron chi connectivity index (χ4n) is 3.24. The summed E-state index contributed by atoms with van der Waals surface area (Å²) < 4.78 is 5.96. The van der Waals surface area contributed by atoms with Crippen LogP contribution in [0.3, 0.4) is 0 Å². The quantitative estimate of drug-likeness (QED) is 0.523. The highest BCUT2D eigenvalue weighted by molar-refractivity contribution is 6.32. The molecule has 0 saturated heterocycles. The summed E-state index contributed by atoms with van der Waals surface area (Å²) in [6.45, 7) is 0. The minimum atomic E-state index is 0.0128. The lowest BCUT2D eigenvalue weighted by molar-refractivity contribution is 0.251. The normalized spacial score (nSPS) is 14.7. The predicted octanol–water partition coefficient (Wildman–Crippen LogP) is 6.08. The van der Waals surface area contributed by atoms with Gasteiger partial charge in [-0.25, -0.2) is 4.98 Å². The van der Waals surface area contributed by atoms with E-state index in [0.29, 0.717) is 27.5 Å². The molecule has 1 heterocycles. The summed E-state index contributed by atoms with van der Waals surface area (Å²) in [5, 5.41) is 19.1. The molecule has 1 atom stereocenters. The maximum atomic E-state index is 9.62. The van der Waals surface area contributed by atoms with Crippen LogP contribution in [0.1, 0.15) is 17.5 Å². The molecule has 5 heteroatoms. The Bertz CT molecular complexity index is 1230. The molecule has 0 fully saturated rings. The number of nitriles is 2. The van der Waals surface area contributed by atoms with E-state index in [1.165, 1.54) is 0 Å². The zero-order valence-corrected chi connectivity index (χ0v) is 16.7. The van der Waals surface area contributed by atoms with Gasteiger partial charge >= 0.3 is 0 Å². The lowest BCUT2D eigenvalue weighted by Crippen LogP contribution is -2.13. The van der Waals surface area contributed by atoms with Crippen LogP contribution in [0.15, 0.2) is 78.9 Å². The molecule has 0 spiro atoms. The molecular weight excluding hydrogens is 394 g/mol. The standard InChI is InChI=1S/C25H16ClN3O/c26-23-14-24(19-6-4-5-17(13-19)15-27)29-25(22(23)16-28)18-9-11-21(12-10-18)30-20-7-2-1-3-8-20/h1-7,9-14,20H,8H2. The summed E-state index contributed by atoms with van der Waals surface area (Å²) in [5.41, 5.74) is 3.47. The fourth-order valence-corrected chi connectivity index (χ4v) is 3.47. The molecule has 4 nitrogen and oxygen atoms in total. The summed E-state index contributed by atoms with van der Waals surface area (Å²) in [6.07, 6.45) is 8.90. The number of hydrogen-bond acceptors (Lipinski definition) is 4. The van der Waals surface area contributed by atoms with Gasteiger partial charge < -0.3 is 4.74 Å². The van der Waals surface area contributed by atoms with Crippen molar-refractivity contribution in [2.24, 2.45) is 0 Å². The molecule has 0 amide bonds. The zero-order chi connectivity index (χ0) is 20.9. The number of hydrogen-bond donors (Lipinski definition) is 0. The molecule has 0 N–H and O–H groups in total. The van der Waals surface area contributed by atoms with Crippen molar-refractivity contribution < 1.29 is 4.74 Å². The van der Waals surface area contributed by atoms with Gasteiger partial charge in [-0.1, -0.05) is 42.0 Å². The molecule has 1 aliphatic rings. The second-order valence-corrected chi connectivity index (χ2v) is 7.15. The van der Waals surface area contributed by atoms with E-state index >= 15 is 0 Å². The number of pyridine rings is 1. The average Bonchev–Trinajstić information content (AvgIpc) is 2.80. The van der Waals surface area contributed by atoms with E-state index in [1.54, 1.807) is 24.3 Å². The van der Waals surface area contributed by atoms with Crippen LogP contribution < -0.4 is 4.74 Å². The van der Waals surface area contributed by atoms with E-state index in [9.17, 15) is 5.26 Å². The summed E-state index contributed by atoms with van der Waals surface area (Å²) in [5.74, 6) is 0.742. The summed E-state index contributed by atoms with van der Waals surface area (Å²) in [7, 11) is 0. The number of nitrogens with zero attached hydrogens (tertiary/aromatic N) is 3. The monoisotopic (exact) mass is 409 g/mol. The Morgan fingerprint density at radius 2 is 1.80 bits per heavy atom. The Morgan fingerprint density at radius 1 is 0.967 bits per heavy atom. The minimum absolute atomic E-state index is 0.0128. The van der Waals surface area contributed by atoms with E-state index in [4.69, 9.17) is 21.6 Å². The average molecular weight is 410 g/mol. The van der Waals surface area contributed by atoms with E-state index in [0.717, 1.165) is 23.3 Å². The van der Waals surface area contributed by atoms with Gasteiger partial charge in [0.25, 0.3) is 0 Å². The van der Waals surface area contributed by atoms with Gasteiger partial charge in [0.15, 0.2) is 0 Å². The van der Waals surface area contributed by atoms with E-state index in [2.05, 4.69) is 23.2 Å². The molecule has 144 valence electrons. The maximum absolute atomic E-state index is 9.62. The maximum Gasteiger partial charge on any atom is 0.121 e. The molecule has 1 unspecified atom stereocenters. The van der Waals surface area contributed by atoms with Gasteiger partial charge in [-0.05, 0) is 48.5 Å². The van der Waals surface area contributed by atoms with Crippen LogP contribution in [-0.2, 0) is 0 Å². The SMILES string of the molecule is N#Cc1cccc(-c2cc(Cl)c(C#N)c(-c3ccc(OC4C=CC=CC4)cc3)n2)c1. The molecular formula is C25H16ClN3O. The molecule has 30 heavy (non-hydrogen) atoms. The molecule has 1 aromatic heterocycles. The van der Waals surface area contributed by atoms with Gasteiger partial charge in [-0.3, -0.25) is 0 Å². The molecule has 0 saturated carbocycles. The molecule has 4 rings (SSSR count). The number of halogens is 1. The molecule has 0 aliphatic heterocycles. The third-order valence-corrected chi connectivity index (χ3v) is 5.03. The Morgan fingerprint density at radius 3 is 2.50 bits per heavy atom. The van der Waals surface area contributed by atoms with Crippen LogP contribution in [0.25, 0.3) is 22.5 Å². The Balaban J connectivity index is 1.70. The molecule has 0 radical (unpaired) electrons. The predicted molar refractivity (Wildman–Crippen MR) is 117 cm³/mol. The smallest absolute Gasteiger partial charge is 0.121 e. The van der Waals surface area contributed by atoms with Crippen LogP contribution in [0.5, 0.6) is 5.75 Å². The number of aromatic nitrogens is 1. The number of rotatable bonds is 4. The highest BCUT2D eigenvalue weighted by atomic mass is 35.5. The zero-order valence-electron chi connectivity index (χ0n) is 15.9. The largest absolute Gasteiger partial charge is 0.486 e. The third kappa shape index (κ3) is 4.10. The minimum Gasteiger partial charge on any atom is -0.486 e. The first-order chi connectivity index (χ1) is 14.7. The van der Waals surface area contributed by atoms with Crippen LogP contribution in [0.2, 0.25) is 5.02 Å². The Labute approximate surface area is 180 Å². The number of ether oxygens (including phenoxy) is 1. The van der Waals surface area contributed by atoms with Gasteiger partial charge in [0.2, 0.25) is 0 Å². The lowest BCUT2D eigenvalue weighted by atomic mass is 10.0. The van der Waals surface area contributed by atoms with E-state index in [1.807, 2.05) is 48.6 Å². The summed E-state index contributed by atoms with van der Waals surface area (Å²) >= 11 is 6.40. The molecule has 1 aliphatic carbocycles. The van der Waals surface area contributed by atoms with Gasteiger partial charge in [0.1, 0.15) is 17.9 Å². The van der Waals surface area contributed by atoms with Crippen LogP contribution in [0.4, 0.5) is 0 Å². The van der Waals surface area contributed by atoms with Crippen molar-refractivity contribution in [2.45, 2.75) is 12.5 Å². The van der Waals surface area contributed by atoms with Crippen LogP contribution in [0, 0.1) is 22.7 Å². The Kier molecular flexibility index (Phi) is 5.61. The van der Waals surface area contributed by atoms with Crippen molar-refractivity contribution >= 4 is 11.6 Å². The van der Waals surface area contributed by atoms with Crippen molar-refractivity contribution in [3.05, 3.63) is 95.1 Å². The lowest BCUT2D eigenvalue weighted by Gasteiger charge is -2.16. The van der Waals surface area contributed by atoms with E-state index < -0.39 is 0 Å². The van der Waals surface area contributed by atoms with Crippen LogP contribution >= 0.6 is 11.6 Å². The van der Waals surface area contributed by atoms with Crippen molar-refractivity contribution in [3.8, 4) is 40.4 Å². The first-order valence-corrected chi connectivity index (χ1v) is 9.77. The molecule has 3 aromatic rings. The molecule has 2 aromatic carbocycles. The highest BCUT2D eigenvalue weighted by Crippen LogP contribution is 2.32. The topological polar surface area (TPSA) is 69.7 Å². The third-order valence-electron chi connectivity index (χ3n) is 4.73. The second kappa shape index (κ2) is 8.66. The summed E-state index contributed by atoms with van der Waals surface area (Å²) in [4.78, 5) is 4.69. The van der Waals surface area contributed by atoms with Gasteiger partial charge in [0.05, 0.1) is 33.6 Å². The fraction of sp³-hybridized carbons (Fsp3) is 0.0800. The van der Waals surface area contributed by atoms with E-state index in [-0.39, 0.29) is 6.10 Å².